The summed E-state index contributed by atoms with van der Waals surface area (Å²) in [4.78, 5) is 2.64. The lowest BCUT2D eigenvalue weighted by Gasteiger charge is -2.12. The molecule has 0 amide bonds. The van der Waals surface area contributed by atoms with Gasteiger partial charge in [-0.25, -0.2) is 0 Å². The Morgan fingerprint density at radius 2 is 2.06 bits per heavy atom. The van der Waals surface area contributed by atoms with E-state index in [1.807, 2.05) is 23.5 Å². The van der Waals surface area contributed by atoms with E-state index in [0.717, 1.165) is 12.2 Å². The molecule has 1 atom stereocenters. The molecule has 0 saturated heterocycles. The first-order valence-electron chi connectivity index (χ1n) is 6.05. The van der Waals surface area contributed by atoms with Crippen molar-refractivity contribution in [2.75, 3.05) is 7.11 Å². The van der Waals surface area contributed by atoms with E-state index in [4.69, 9.17) is 10.5 Å². The molecule has 2 N–H and O–H groups in total. The third-order valence-corrected chi connectivity index (χ3v) is 4.05. The van der Waals surface area contributed by atoms with Crippen molar-refractivity contribution in [3.05, 3.63) is 51.2 Å². The predicted molar refractivity (Wildman–Crippen MR) is 77.4 cm³/mol. The minimum absolute atomic E-state index is 0.0575. The van der Waals surface area contributed by atoms with Gasteiger partial charge in [0.25, 0.3) is 0 Å². The van der Waals surface area contributed by atoms with Crippen LogP contribution in [0.4, 0.5) is 0 Å². The molecule has 2 rings (SSSR count). The highest BCUT2D eigenvalue weighted by atomic mass is 32.1. The first kappa shape index (κ1) is 13.1. The van der Waals surface area contributed by atoms with Crippen molar-refractivity contribution in [1.29, 1.82) is 0 Å². The lowest BCUT2D eigenvalue weighted by Crippen LogP contribution is -2.13. The minimum atomic E-state index is 0.0575. The molecule has 1 aromatic carbocycles. The maximum absolute atomic E-state index is 6.30. The summed E-state index contributed by atoms with van der Waals surface area (Å²) in [6.07, 6.45) is 0.841. The van der Waals surface area contributed by atoms with Gasteiger partial charge in [0.1, 0.15) is 5.75 Å². The Labute approximate surface area is 112 Å². The van der Waals surface area contributed by atoms with Gasteiger partial charge in [0, 0.05) is 15.8 Å². The minimum Gasteiger partial charge on any atom is -0.497 e. The zero-order valence-corrected chi connectivity index (χ0v) is 11.9. The van der Waals surface area contributed by atoms with Gasteiger partial charge in [-0.15, -0.1) is 11.3 Å². The fourth-order valence-electron chi connectivity index (χ4n) is 2.18. The Kier molecular flexibility index (Phi) is 4.04. The first-order valence-corrected chi connectivity index (χ1v) is 6.87. The number of thiophene rings is 1. The quantitative estimate of drug-likeness (QED) is 0.912. The van der Waals surface area contributed by atoms with E-state index in [0.29, 0.717) is 0 Å². The molecule has 3 heteroatoms. The Bertz CT molecular complexity index is 533. The number of rotatable bonds is 4. The summed E-state index contributed by atoms with van der Waals surface area (Å²) < 4.78 is 5.23. The van der Waals surface area contributed by atoms with Crippen molar-refractivity contribution < 1.29 is 4.74 Å². The van der Waals surface area contributed by atoms with Gasteiger partial charge in [0.15, 0.2) is 0 Å². The standard InChI is InChI=1S/C15H19NOS/c1-10-7-14(11(2)18-10)15(16)9-12-5-4-6-13(8-12)17-3/h4-8,15H,9,16H2,1-3H3. The first-order chi connectivity index (χ1) is 8.60. The van der Waals surface area contributed by atoms with Crippen LogP contribution in [-0.2, 0) is 6.42 Å². The lowest BCUT2D eigenvalue weighted by atomic mass is 10.00. The zero-order valence-electron chi connectivity index (χ0n) is 11.1. The van der Waals surface area contributed by atoms with Gasteiger partial charge in [-0.3, -0.25) is 0 Å². The highest BCUT2D eigenvalue weighted by Gasteiger charge is 2.12. The monoisotopic (exact) mass is 261 g/mol. The van der Waals surface area contributed by atoms with Crippen LogP contribution in [0.15, 0.2) is 30.3 Å². The average molecular weight is 261 g/mol. The maximum atomic E-state index is 6.30. The number of benzene rings is 1. The normalized spacial score (nSPS) is 12.4. The molecule has 0 aliphatic carbocycles. The van der Waals surface area contributed by atoms with E-state index < -0.39 is 0 Å². The fourth-order valence-corrected chi connectivity index (χ4v) is 3.18. The second-order valence-corrected chi connectivity index (χ2v) is 5.99. The summed E-state index contributed by atoms with van der Waals surface area (Å²) in [6, 6.07) is 10.4. The molecule has 1 aromatic heterocycles. The molecule has 0 saturated carbocycles. The number of aryl methyl sites for hydroxylation is 2. The van der Waals surface area contributed by atoms with E-state index in [2.05, 4.69) is 32.0 Å². The Hall–Kier alpha value is -1.32. The second kappa shape index (κ2) is 5.55. The average Bonchev–Trinajstić information content (AvgIpc) is 2.69. The van der Waals surface area contributed by atoms with Crippen LogP contribution in [0.1, 0.15) is 26.9 Å². The number of ether oxygens (including phenoxy) is 1. The van der Waals surface area contributed by atoms with E-state index in [1.54, 1.807) is 7.11 Å². The van der Waals surface area contributed by atoms with Gasteiger partial charge < -0.3 is 10.5 Å². The molecule has 0 bridgehead atoms. The Morgan fingerprint density at radius 3 is 2.67 bits per heavy atom. The van der Waals surface area contributed by atoms with Crippen LogP contribution in [0.25, 0.3) is 0 Å². The van der Waals surface area contributed by atoms with E-state index in [9.17, 15) is 0 Å². The van der Waals surface area contributed by atoms with E-state index in [1.165, 1.54) is 20.9 Å². The molecule has 0 aliphatic rings. The van der Waals surface area contributed by atoms with Crippen LogP contribution < -0.4 is 10.5 Å². The van der Waals surface area contributed by atoms with Crippen LogP contribution in [-0.4, -0.2) is 7.11 Å². The van der Waals surface area contributed by atoms with Crippen molar-refractivity contribution in [1.82, 2.24) is 0 Å². The molecule has 2 nitrogen and oxygen atoms in total. The highest BCUT2D eigenvalue weighted by molar-refractivity contribution is 7.12. The molecule has 1 heterocycles. The van der Waals surface area contributed by atoms with Gasteiger partial charge in [-0.2, -0.15) is 0 Å². The van der Waals surface area contributed by atoms with Crippen molar-refractivity contribution >= 4 is 11.3 Å². The predicted octanol–water partition coefficient (Wildman–Crippen LogP) is 3.62. The van der Waals surface area contributed by atoms with Gasteiger partial charge >= 0.3 is 0 Å². The van der Waals surface area contributed by atoms with Crippen molar-refractivity contribution in [2.24, 2.45) is 5.73 Å². The third-order valence-electron chi connectivity index (χ3n) is 3.07. The summed E-state index contributed by atoms with van der Waals surface area (Å²) in [5.41, 5.74) is 8.78. The summed E-state index contributed by atoms with van der Waals surface area (Å²) in [7, 11) is 1.69. The van der Waals surface area contributed by atoms with Crippen LogP contribution >= 0.6 is 11.3 Å². The van der Waals surface area contributed by atoms with Gasteiger partial charge in [0.05, 0.1) is 7.11 Å². The molecule has 0 fully saturated rings. The van der Waals surface area contributed by atoms with Gasteiger partial charge in [0.2, 0.25) is 0 Å². The molecule has 1 unspecified atom stereocenters. The number of hydrogen-bond donors (Lipinski definition) is 1. The summed E-state index contributed by atoms with van der Waals surface area (Å²) in [6.45, 7) is 4.26. The SMILES string of the molecule is COc1cccc(CC(N)c2cc(C)sc2C)c1. The second-order valence-electron chi connectivity index (χ2n) is 4.53. The number of hydrogen-bond acceptors (Lipinski definition) is 3. The summed E-state index contributed by atoms with van der Waals surface area (Å²) in [5, 5.41) is 0. The molecular weight excluding hydrogens is 242 g/mol. The van der Waals surface area contributed by atoms with Crippen LogP contribution in [0.5, 0.6) is 5.75 Å². The number of methoxy groups -OCH3 is 1. The maximum Gasteiger partial charge on any atom is 0.119 e. The molecule has 96 valence electrons. The van der Waals surface area contributed by atoms with Crippen LogP contribution in [0, 0.1) is 13.8 Å². The van der Waals surface area contributed by atoms with E-state index >= 15 is 0 Å². The largest absolute Gasteiger partial charge is 0.497 e. The lowest BCUT2D eigenvalue weighted by molar-refractivity contribution is 0.414. The van der Waals surface area contributed by atoms with Crippen molar-refractivity contribution in [3.8, 4) is 5.75 Å². The topological polar surface area (TPSA) is 35.2 Å². The van der Waals surface area contributed by atoms with E-state index in [-0.39, 0.29) is 6.04 Å². The van der Waals surface area contributed by atoms with Crippen LogP contribution in [0.3, 0.4) is 0 Å². The highest BCUT2D eigenvalue weighted by Crippen LogP contribution is 2.27. The van der Waals surface area contributed by atoms with Gasteiger partial charge in [-0.1, -0.05) is 12.1 Å². The molecule has 0 radical (unpaired) electrons. The zero-order chi connectivity index (χ0) is 13.1. The molecule has 0 aliphatic heterocycles. The smallest absolute Gasteiger partial charge is 0.119 e. The van der Waals surface area contributed by atoms with Gasteiger partial charge in [-0.05, 0) is 49.6 Å². The van der Waals surface area contributed by atoms with Crippen molar-refractivity contribution in [2.45, 2.75) is 26.3 Å². The summed E-state index contributed by atoms with van der Waals surface area (Å²) >= 11 is 1.81. The van der Waals surface area contributed by atoms with Crippen molar-refractivity contribution in [3.63, 3.8) is 0 Å². The fraction of sp³-hybridized carbons (Fsp3) is 0.333. The molecule has 0 spiro atoms. The Morgan fingerprint density at radius 1 is 1.28 bits per heavy atom. The number of nitrogens with two attached hydrogens (primary N) is 1. The van der Waals surface area contributed by atoms with Crippen LogP contribution in [0.2, 0.25) is 0 Å². The molecular formula is C15H19NOS. The molecule has 18 heavy (non-hydrogen) atoms. The summed E-state index contributed by atoms with van der Waals surface area (Å²) in [5.74, 6) is 0.887. The third kappa shape index (κ3) is 2.92. The molecule has 2 aromatic rings. The Balaban J connectivity index is 2.15.